The Balaban J connectivity index is 1.56. The minimum atomic E-state index is -3.70. The first kappa shape index (κ1) is 16.4. The van der Waals surface area contributed by atoms with Gasteiger partial charge in [-0.1, -0.05) is 12.1 Å². The van der Waals surface area contributed by atoms with E-state index in [9.17, 15) is 13.6 Å². The number of allylic oxidation sites excluding steroid dienone is 2. The first-order chi connectivity index (χ1) is 13.4. The highest BCUT2D eigenvalue weighted by Crippen LogP contribution is 2.43. The first-order valence-corrected chi connectivity index (χ1v) is 8.35. The highest BCUT2D eigenvalue weighted by Gasteiger charge is 2.43. The molecule has 0 atom stereocenters. The van der Waals surface area contributed by atoms with Crippen molar-refractivity contribution in [2.45, 2.75) is 12.7 Å². The molecule has 2 aliphatic heterocycles. The molecule has 2 aromatic heterocycles. The summed E-state index contributed by atoms with van der Waals surface area (Å²) in [7, 11) is 0. The number of nitrogens with zero attached hydrogens (tertiary/aromatic N) is 3. The van der Waals surface area contributed by atoms with E-state index in [0.717, 1.165) is 0 Å². The van der Waals surface area contributed by atoms with Crippen LogP contribution in [0.1, 0.15) is 16.1 Å². The molecule has 0 bridgehead atoms. The topological polar surface area (TPSA) is 92.3 Å². The molecular formula is C19H12F2N4O3. The fourth-order valence-electron chi connectivity index (χ4n) is 3.38. The van der Waals surface area contributed by atoms with Crippen LogP contribution in [0.2, 0.25) is 0 Å². The van der Waals surface area contributed by atoms with Gasteiger partial charge in [0, 0.05) is 18.7 Å². The number of pyridine rings is 1. The maximum atomic E-state index is 13.3. The van der Waals surface area contributed by atoms with Gasteiger partial charge in [0.2, 0.25) is 0 Å². The molecule has 0 spiro atoms. The van der Waals surface area contributed by atoms with Crippen molar-refractivity contribution in [3.63, 3.8) is 0 Å². The Morgan fingerprint density at radius 3 is 2.75 bits per heavy atom. The summed E-state index contributed by atoms with van der Waals surface area (Å²) in [6.45, 7) is 0. The molecule has 140 valence electrons. The van der Waals surface area contributed by atoms with Gasteiger partial charge in [-0.15, -0.1) is 13.9 Å². The lowest BCUT2D eigenvalue weighted by atomic mass is 9.95. The maximum absolute atomic E-state index is 13.3. The number of nitrogens with two attached hydrogens (primary N) is 1. The van der Waals surface area contributed by atoms with Gasteiger partial charge in [0.05, 0.1) is 17.0 Å². The minimum Gasteiger partial charge on any atom is -0.395 e. The summed E-state index contributed by atoms with van der Waals surface area (Å²) in [5, 5.41) is 4.13. The van der Waals surface area contributed by atoms with Crippen LogP contribution in [0.5, 0.6) is 11.5 Å². The zero-order valence-corrected chi connectivity index (χ0v) is 14.2. The van der Waals surface area contributed by atoms with Crippen LogP contribution in [0.25, 0.3) is 16.8 Å². The summed E-state index contributed by atoms with van der Waals surface area (Å²) in [6.07, 6.45) is -0.357. The number of alkyl halides is 2. The van der Waals surface area contributed by atoms with Crippen molar-refractivity contribution in [2.75, 3.05) is 5.73 Å². The summed E-state index contributed by atoms with van der Waals surface area (Å²) in [5.41, 5.74) is 8.98. The molecule has 7 nitrogen and oxygen atoms in total. The first-order valence-electron chi connectivity index (χ1n) is 8.35. The molecule has 0 saturated heterocycles. The van der Waals surface area contributed by atoms with Crippen molar-refractivity contribution in [1.82, 2.24) is 14.8 Å². The lowest BCUT2D eigenvalue weighted by Gasteiger charge is -2.16. The average Bonchev–Trinajstić information content (AvgIpc) is 3.16. The number of hydrogen-bond donors (Lipinski definition) is 1. The molecule has 0 saturated carbocycles. The summed E-state index contributed by atoms with van der Waals surface area (Å²) >= 11 is 0. The Morgan fingerprint density at radius 2 is 1.96 bits per heavy atom. The Bertz CT molecular complexity index is 1160. The van der Waals surface area contributed by atoms with E-state index in [1.54, 1.807) is 24.4 Å². The molecule has 0 unspecified atom stereocenters. The number of benzene rings is 1. The van der Waals surface area contributed by atoms with Crippen molar-refractivity contribution in [2.24, 2.45) is 0 Å². The van der Waals surface area contributed by atoms with E-state index in [1.165, 1.54) is 22.9 Å². The van der Waals surface area contributed by atoms with Crippen LogP contribution in [-0.2, 0) is 6.42 Å². The van der Waals surface area contributed by atoms with Gasteiger partial charge in [0.15, 0.2) is 17.3 Å². The Hall–Kier alpha value is -3.75. The predicted molar refractivity (Wildman–Crippen MR) is 94.8 cm³/mol. The molecule has 9 heteroatoms. The van der Waals surface area contributed by atoms with Crippen LogP contribution in [0.4, 0.5) is 14.6 Å². The van der Waals surface area contributed by atoms with E-state index < -0.39 is 6.29 Å². The number of anilines is 1. The zero-order chi connectivity index (χ0) is 19.5. The zero-order valence-electron chi connectivity index (χ0n) is 14.2. The lowest BCUT2D eigenvalue weighted by molar-refractivity contribution is -0.286. The average molecular weight is 382 g/mol. The molecule has 0 amide bonds. The smallest absolute Gasteiger partial charge is 0.395 e. The fraction of sp³-hybridized carbons (Fsp3) is 0.105. The number of ether oxygens (including phenoxy) is 2. The maximum Gasteiger partial charge on any atom is 0.586 e. The SMILES string of the molecule is Nc1nn2c(c1-c1ccccn1)CC(c1ccc3c(c1)OC(F)(F)O3)=CC2=O. The summed E-state index contributed by atoms with van der Waals surface area (Å²) in [6, 6.07) is 9.76. The summed E-state index contributed by atoms with van der Waals surface area (Å²) in [5.74, 6) is -0.325. The van der Waals surface area contributed by atoms with Crippen LogP contribution < -0.4 is 15.2 Å². The number of carbonyl (C=O) groups excluding carboxylic acids is 1. The van der Waals surface area contributed by atoms with Gasteiger partial charge in [-0.2, -0.15) is 4.68 Å². The van der Waals surface area contributed by atoms with E-state index in [2.05, 4.69) is 19.6 Å². The van der Waals surface area contributed by atoms with Crippen molar-refractivity contribution in [3.8, 4) is 22.8 Å². The number of hydrogen-bond acceptors (Lipinski definition) is 6. The van der Waals surface area contributed by atoms with Gasteiger partial charge in [-0.25, -0.2) is 0 Å². The largest absolute Gasteiger partial charge is 0.586 e. The summed E-state index contributed by atoms with van der Waals surface area (Å²) < 4.78 is 36.7. The number of carbonyl (C=O) groups is 1. The number of aromatic nitrogens is 3. The van der Waals surface area contributed by atoms with E-state index in [1.807, 2.05) is 6.07 Å². The molecule has 3 aromatic rings. The number of fused-ring (bicyclic) bond motifs is 2. The third-order valence-electron chi connectivity index (χ3n) is 4.57. The van der Waals surface area contributed by atoms with Crippen molar-refractivity contribution >= 4 is 17.3 Å². The number of halogens is 2. The predicted octanol–water partition coefficient (Wildman–Crippen LogP) is 3.13. The number of nitrogen functional groups attached to an aromatic ring is 1. The normalized spacial score (nSPS) is 16.6. The Morgan fingerprint density at radius 1 is 1.14 bits per heavy atom. The van der Waals surface area contributed by atoms with E-state index in [4.69, 9.17) is 5.73 Å². The van der Waals surface area contributed by atoms with Crippen LogP contribution in [-0.4, -0.2) is 27.0 Å². The molecule has 2 N–H and O–H groups in total. The monoisotopic (exact) mass is 382 g/mol. The minimum absolute atomic E-state index is 0.0556. The second-order valence-corrected chi connectivity index (χ2v) is 6.35. The van der Waals surface area contributed by atoms with E-state index in [0.29, 0.717) is 34.5 Å². The Kier molecular flexibility index (Phi) is 3.30. The molecule has 1 aromatic carbocycles. The van der Waals surface area contributed by atoms with Gasteiger partial charge in [0.1, 0.15) is 0 Å². The van der Waals surface area contributed by atoms with Crippen molar-refractivity contribution in [3.05, 3.63) is 59.9 Å². The molecular weight excluding hydrogens is 370 g/mol. The van der Waals surface area contributed by atoms with Gasteiger partial charge < -0.3 is 15.2 Å². The molecule has 0 fully saturated rings. The standard InChI is InChI=1S/C19H12F2N4O3/c20-19(21)27-14-5-4-10(8-15(14)28-19)11-7-13-17(12-3-1-2-6-23-12)18(22)24-25(13)16(26)9-11/h1-6,8-9H,7H2,(H2,22,24). The highest BCUT2D eigenvalue weighted by atomic mass is 19.3. The van der Waals surface area contributed by atoms with Crippen LogP contribution in [0.15, 0.2) is 48.7 Å². The third-order valence-corrected chi connectivity index (χ3v) is 4.57. The van der Waals surface area contributed by atoms with Gasteiger partial charge in [-0.05, 0) is 35.4 Å². The molecule has 0 radical (unpaired) electrons. The third kappa shape index (κ3) is 2.51. The van der Waals surface area contributed by atoms with Crippen LogP contribution in [0, 0.1) is 0 Å². The highest BCUT2D eigenvalue weighted by molar-refractivity contribution is 6.01. The molecule has 2 aliphatic rings. The van der Waals surface area contributed by atoms with E-state index >= 15 is 0 Å². The molecule has 5 rings (SSSR count). The molecule has 28 heavy (non-hydrogen) atoms. The van der Waals surface area contributed by atoms with Gasteiger partial charge in [0.25, 0.3) is 5.91 Å². The quantitative estimate of drug-likeness (QED) is 0.732. The Labute approximate surface area is 157 Å². The second-order valence-electron chi connectivity index (χ2n) is 6.35. The van der Waals surface area contributed by atoms with Crippen molar-refractivity contribution in [1.29, 1.82) is 0 Å². The molecule has 4 heterocycles. The van der Waals surface area contributed by atoms with Crippen LogP contribution >= 0.6 is 0 Å². The molecule has 0 aliphatic carbocycles. The number of rotatable bonds is 2. The fourth-order valence-corrected chi connectivity index (χ4v) is 3.38. The summed E-state index contributed by atoms with van der Waals surface area (Å²) in [4.78, 5) is 16.9. The van der Waals surface area contributed by atoms with Gasteiger partial charge >= 0.3 is 6.29 Å². The van der Waals surface area contributed by atoms with Gasteiger partial charge in [-0.3, -0.25) is 9.78 Å². The van der Waals surface area contributed by atoms with E-state index in [-0.39, 0.29) is 23.2 Å². The second kappa shape index (κ2) is 5.62. The van der Waals surface area contributed by atoms with Crippen LogP contribution in [0.3, 0.4) is 0 Å². The van der Waals surface area contributed by atoms with Crippen molar-refractivity contribution < 1.29 is 23.0 Å². The lowest BCUT2D eigenvalue weighted by Crippen LogP contribution is -2.25.